The molecule has 20 heavy (non-hydrogen) atoms. The van der Waals surface area contributed by atoms with Crippen molar-refractivity contribution >= 4 is 16.0 Å². The Bertz CT molecular complexity index is 589. The highest BCUT2D eigenvalue weighted by atomic mass is 32.2. The molecule has 0 bridgehead atoms. The Hall–Kier alpha value is -1.54. The van der Waals surface area contributed by atoms with Gasteiger partial charge in [0.2, 0.25) is 10.0 Å². The first-order valence-corrected chi connectivity index (χ1v) is 7.40. The van der Waals surface area contributed by atoms with Crippen LogP contribution in [0.1, 0.15) is 26.2 Å². The number of hydrogen-bond donors (Lipinski definition) is 2. The monoisotopic (exact) mass is 307 g/mol. The summed E-state index contributed by atoms with van der Waals surface area (Å²) in [4.78, 5) is 9.58. The van der Waals surface area contributed by atoms with E-state index in [-0.39, 0.29) is 19.3 Å². The maximum atomic E-state index is 13.4. The number of sulfonamides is 1. The maximum Gasteiger partial charge on any atom is 0.303 e. The van der Waals surface area contributed by atoms with Crippen molar-refractivity contribution in [1.29, 1.82) is 0 Å². The van der Waals surface area contributed by atoms with Crippen LogP contribution in [-0.4, -0.2) is 25.5 Å². The Morgan fingerprint density at radius 2 is 2.05 bits per heavy atom. The first-order chi connectivity index (χ1) is 9.22. The van der Waals surface area contributed by atoms with Crippen LogP contribution in [0.4, 0.5) is 8.78 Å². The van der Waals surface area contributed by atoms with Gasteiger partial charge in [-0.25, -0.2) is 21.9 Å². The number of benzene rings is 1. The molecule has 1 aromatic carbocycles. The number of carbonyl (C=O) groups is 1. The van der Waals surface area contributed by atoms with E-state index in [4.69, 9.17) is 5.11 Å². The Balaban J connectivity index is 2.74. The van der Waals surface area contributed by atoms with Crippen LogP contribution in [0.2, 0.25) is 0 Å². The van der Waals surface area contributed by atoms with Crippen LogP contribution in [0, 0.1) is 11.6 Å². The zero-order valence-electron chi connectivity index (χ0n) is 10.8. The Morgan fingerprint density at radius 3 is 2.65 bits per heavy atom. The van der Waals surface area contributed by atoms with E-state index in [2.05, 4.69) is 4.72 Å². The SMILES string of the molecule is CC(CCCC(=O)O)NS(=O)(=O)c1cc(F)ccc1F. The summed E-state index contributed by atoms with van der Waals surface area (Å²) in [6.45, 7) is 1.52. The molecule has 2 N–H and O–H groups in total. The van der Waals surface area contributed by atoms with Gasteiger partial charge in [-0.15, -0.1) is 0 Å². The molecule has 0 saturated carbocycles. The molecule has 0 fully saturated rings. The van der Waals surface area contributed by atoms with Crippen molar-refractivity contribution in [3.63, 3.8) is 0 Å². The second-order valence-corrected chi connectivity index (χ2v) is 6.07. The van der Waals surface area contributed by atoms with Gasteiger partial charge in [0.05, 0.1) is 0 Å². The molecule has 1 aromatic rings. The molecule has 0 heterocycles. The zero-order valence-corrected chi connectivity index (χ0v) is 11.6. The van der Waals surface area contributed by atoms with Gasteiger partial charge in [-0.2, -0.15) is 0 Å². The van der Waals surface area contributed by atoms with E-state index < -0.39 is 38.6 Å². The number of aliphatic carboxylic acids is 1. The van der Waals surface area contributed by atoms with E-state index in [0.29, 0.717) is 6.07 Å². The van der Waals surface area contributed by atoms with E-state index in [1.54, 1.807) is 0 Å². The van der Waals surface area contributed by atoms with E-state index in [0.717, 1.165) is 12.1 Å². The minimum Gasteiger partial charge on any atom is -0.481 e. The summed E-state index contributed by atoms with van der Waals surface area (Å²) < 4.78 is 52.3. The van der Waals surface area contributed by atoms with Gasteiger partial charge in [0.1, 0.15) is 16.5 Å². The number of nitrogens with one attached hydrogen (secondary N) is 1. The van der Waals surface area contributed by atoms with E-state index in [1.165, 1.54) is 6.92 Å². The molecule has 5 nitrogen and oxygen atoms in total. The number of carboxylic acid groups (broad SMARTS) is 1. The van der Waals surface area contributed by atoms with Crippen LogP contribution in [0.3, 0.4) is 0 Å². The number of hydrogen-bond acceptors (Lipinski definition) is 3. The standard InChI is InChI=1S/C12H15F2NO4S/c1-8(3-2-4-12(16)17)15-20(18,19)11-7-9(13)5-6-10(11)14/h5-8,15H,2-4H2,1H3,(H,16,17). The predicted molar refractivity (Wildman–Crippen MR) is 67.6 cm³/mol. The molecule has 8 heteroatoms. The smallest absolute Gasteiger partial charge is 0.303 e. The molecule has 0 aliphatic rings. The molecule has 1 atom stereocenters. The van der Waals surface area contributed by atoms with Crippen molar-refractivity contribution in [2.45, 2.75) is 37.1 Å². The summed E-state index contributed by atoms with van der Waals surface area (Å²) in [7, 11) is -4.18. The van der Waals surface area contributed by atoms with Gasteiger partial charge >= 0.3 is 5.97 Å². The van der Waals surface area contributed by atoms with Crippen LogP contribution < -0.4 is 4.72 Å². The van der Waals surface area contributed by atoms with E-state index in [1.807, 2.05) is 0 Å². The lowest BCUT2D eigenvalue weighted by Gasteiger charge is -2.14. The quantitative estimate of drug-likeness (QED) is 0.805. The van der Waals surface area contributed by atoms with E-state index in [9.17, 15) is 22.0 Å². The van der Waals surface area contributed by atoms with Crippen LogP contribution in [-0.2, 0) is 14.8 Å². The average Bonchev–Trinajstić information content (AvgIpc) is 2.31. The first-order valence-electron chi connectivity index (χ1n) is 5.91. The lowest BCUT2D eigenvalue weighted by atomic mass is 10.1. The van der Waals surface area contributed by atoms with Gasteiger partial charge in [-0.3, -0.25) is 4.79 Å². The van der Waals surface area contributed by atoms with Gasteiger partial charge in [-0.1, -0.05) is 0 Å². The lowest BCUT2D eigenvalue weighted by molar-refractivity contribution is -0.137. The van der Waals surface area contributed by atoms with Gasteiger partial charge in [0.25, 0.3) is 0 Å². The van der Waals surface area contributed by atoms with E-state index >= 15 is 0 Å². The van der Waals surface area contributed by atoms with Crippen LogP contribution in [0.5, 0.6) is 0 Å². The number of carboxylic acids is 1. The molecule has 0 radical (unpaired) electrons. The normalized spacial score (nSPS) is 13.2. The van der Waals surface area contributed by atoms with Crippen molar-refractivity contribution in [1.82, 2.24) is 4.72 Å². The second-order valence-electron chi connectivity index (χ2n) is 4.38. The van der Waals surface area contributed by atoms with Crippen LogP contribution in [0.25, 0.3) is 0 Å². The highest BCUT2D eigenvalue weighted by Crippen LogP contribution is 2.16. The molecule has 1 rings (SSSR count). The van der Waals surface area contributed by atoms with Crippen molar-refractivity contribution in [2.75, 3.05) is 0 Å². The number of rotatable bonds is 7. The molecular weight excluding hydrogens is 292 g/mol. The molecule has 0 amide bonds. The predicted octanol–water partition coefficient (Wildman–Crippen LogP) is 1.89. The average molecular weight is 307 g/mol. The van der Waals surface area contributed by atoms with Crippen molar-refractivity contribution in [3.05, 3.63) is 29.8 Å². The summed E-state index contributed by atoms with van der Waals surface area (Å²) in [5, 5.41) is 8.47. The summed E-state index contributed by atoms with van der Waals surface area (Å²) in [6, 6.07) is 1.58. The first kappa shape index (κ1) is 16.5. The summed E-state index contributed by atoms with van der Waals surface area (Å²) in [5.41, 5.74) is 0. The summed E-state index contributed by atoms with van der Waals surface area (Å²) in [6.07, 6.45) is 0.480. The molecule has 0 spiro atoms. The second kappa shape index (κ2) is 6.76. The lowest BCUT2D eigenvalue weighted by Crippen LogP contribution is -2.33. The molecule has 0 aliphatic heterocycles. The zero-order chi connectivity index (χ0) is 15.3. The minimum atomic E-state index is -4.18. The summed E-state index contributed by atoms with van der Waals surface area (Å²) in [5.74, 6) is -2.88. The maximum absolute atomic E-state index is 13.4. The largest absolute Gasteiger partial charge is 0.481 e. The fourth-order valence-electron chi connectivity index (χ4n) is 1.63. The summed E-state index contributed by atoms with van der Waals surface area (Å²) >= 11 is 0. The molecule has 1 unspecified atom stereocenters. The highest BCUT2D eigenvalue weighted by Gasteiger charge is 2.22. The molecule has 0 aromatic heterocycles. The Morgan fingerprint density at radius 1 is 1.40 bits per heavy atom. The van der Waals surface area contributed by atoms with Crippen molar-refractivity contribution < 1.29 is 27.1 Å². The fourth-order valence-corrected chi connectivity index (χ4v) is 3.00. The van der Waals surface area contributed by atoms with Crippen molar-refractivity contribution in [3.8, 4) is 0 Å². The molecule has 112 valence electrons. The topological polar surface area (TPSA) is 83.5 Å². The van der Waals surface area contributed by atoms with Gasteiger partial charge in [0, 0.05) is 12.5 Å². The highest BCUT2D eigenvalue weighted by molar-refractivity contribution is 7.89. The van der Waals surface area contributed by atoms with Crippen LogP contribution >= 0.6 is 0 Å². The third-order valence-corrected chi connectivity index (χ3v) is 4.17. The van der Waals surface area contributed by atoms with Crippen LogP contribution in [0.15, 0.2) is 23.1 Å². The van der Waals surface area contributed by atoms with Gasteiger partial charge < -0.3 is 5.11 Å². The van der Waals surface area contributed by atoms with Crippen molar-refractivity contribution in [2.24, 2.45) is 0 Å². The molecule has 0 aliphatic carbocycles. The molecule has 0 saturated heterocycles. The third kappa shape index (κ3) is 4.86. The Labute approximate surface area is 115 Å². The van der Waals surface area contributed by atoms with Gasteiger partial charge in [-0.05, 0) is 38.0 Å². The third-order valence-electron chi connectivity index (χ3n) is 2.57. The Kier molecular flexibility index (Phi) is 5.58. The van der Waals surface area contributed by atoms with Gasteiger partial charge in [0.15, 0.2) is 0 Å². The number of halogens is 2. The minimum absolute atomic E-state index is 0.0829. The molecular formula is C12H15F2NO4S. The fraction of sp³-hybridized carbons (Fsp3) is 0.417.